The monoisotopic (exact) mass is 1010 g/mol. The summed E-state index contributed by atoms with van der Waals surface area (Å²) in [5.41, 5.74) is 9.71. The average molecular weight is 1010 g/mol. The summed E-state index contributed by atoms with van der Waals surface area (Å²) < 4.78 is 27.8. The molecule has 1 fully saturated rings. The Morgan fingerprint density at radius 2 is 0.382 bits per heavy atom. The second-order valence-electron chi connectivity index (χ2n) is 20.3. The fourth-order valence-electron chi connectivity index (χ4n) is 10.4. The maximum atomic E-state index is 6.95. The van der Waals surface area contributed by atoms with E-state index in [4.69, 9.17) is 18.9 Å². The summed E-state index contributed by atoms with van der Waals surface area (Å²) in [5.74, 6) is 0. The molecule has 1 saturated heterocycles. The average Bonchev–Trinajstić information content (AvgIpc) is 3.47. The van der Waals surface area contributed by atoms with Crippen LogP contribution in [0.1, 0.15) is 44.5 Å². The summed E-state index contributed by atoms with van der Waals surface area (Å²) in [7, 11) is 0. The fraction of sp³-hybridized carbons (Fsp3) is 0.294. The van der Waals surface area contributed by atoms with Crippen molar-refractivity contribution in [2.75, 3.05) is 52.6 Å². The summed E-state index contributed by atoms with van der Waals surface area (Å²) >= 11 is 0. The Hall–Kier alpha value is -6.56. The van der Waals surface area contributed by atoms with E-state index in [1.165, 1.54) is 22.3 Å². The number of hydrogen-bond acceptors (Lipinski definition) is 8. The van der Waals surface area contributed by atoms with Crippen molar-refractivity contribution >= 4 is 0 Å². The van der Waals surface area contributed by atoms with Crippen molar-refractivity contribution in [2.45, 2.75) is 76.8 Å². The molecule has 8 aromatic rings. The smallest absolute Gasteiger partial charge is 0.0717 e. The minimum Gasteiger partial charge on any atom is -0.375 e. The first-order chi connectivity index (χ1) is 37.7. The van der Waals surface area contributed by atoms with E-state index in [9.17, 15) is 0 Å². The molecular weight excluding hydrogens is 937 g/mol. The van der Waals surface area contributed by atoms with Crippen LogP contribution in [-0.4, -0.2) is 96.4 Å². The predicted molar refractivity (Wildman–Crippen MR) is 307 cm³/mol. The van der Waals surface area contributed by atoms with Crippen molar-refractivity contribution in [2.24, 2.45) is 0 Å². The lowest BCUT2D eigenvalue weighted by molar-refractivity contribution is -0.0529. The minimum absolute atomic E-state index is 0.0218. The highest BCUT2D eigenvalue weighted by molar-refractivity contribution is 5.21. The van der Waals surface area contributed by atoms with Crippen LogP contribution < -0.4 is 0 Å². The van der Waals surface area contributed by atoms with Gasteiger partial charge in [0.1, 0.15) is 0 Å². The molecule has 4 atom stereocenters. The number of benzene rings is 8. The quantitative estimate of drug-likeness (QED) is 0.0593. The van der Waals surface area contributed by atoms with E-state index in [-0.39, 0.29) is 24.2 Å². The van der Waals surface area contributed by atoms with E-state index in [1.807, 2.05) is 0 Å². The molecule has 0 radical (unpaired) electrons. The second-order valence-corrected chi connectivity index (χ2v) is 20.3. The minimum atomic E-state index is -0.0218. The van der Waals surface area contributed by atoms with Crippen molar-refractivity contribution in [3.8, 4) is 0 Å². The summed E-state index contributed by atoms with van der Waals surface area (Å²) in [6.45, 7) is 10.2. The summed E-state index contributed by atoms with van der Waals surface area (Å²) in [4.78, 5) is 10.8. The van der Waals surface area contributed by atoms with Crippen LogP contribution in [0.25, 0.3) is 0 Å². The highest BCUT2D eigenvalue weighted by Crippen LogP contribution is 2.25. The number of nitrogens with zero attached hydrogens (tertiary/aromatic N) is 4. The summed E-state index contributed by atoms with van der Waals surface area (Å²) in [5, 5.41) is 0. The lowest BCUT2D eigenvalue weighted by Crippen LogP contribution is -2.60. The zero-order valence-electron chi connectivity index (χ0n) is 44.1. The molecule has 9 rings (SSSR count). The van der Waals surface area contributed by atoms with Crippen LogP contribution in [-0.2, 0) is 71.6 Å². The normalized spacial score (nSPS) is 18.4. The Bertz CT molecular complexity index is 2380. The first-order valence-corrected chi connectivity index (χ1v) is 27.3. The van der Waals surface area contributed by atoms with Gasteiger partial charge in [0.05, 0.1) is 52.9 Å². The third-order valence-corrected chi connectivity index (χ3v) is 14.4. The molecule has 0 saturated carbocycles. The van der Waals surface area contributed by atoms with Crippen LogP contribution in [0.15, 0.2) is 243 Å². The Morgan fingerprint density at radius 1 is 0.224 bits per heavy atom. The molecule has 8 nitrogen and oxygen atoms in total. The van der Waals surface area contributed by atoms with Gasteiger partial charge in [-0.15, -0.1) is 0 Å². The number of ether oxygens (including phenoxy) is 4. The molecule has 0 aromatic heterocycles. The third-order valence-electron chi connectivity index (χ3n) is 14.4. The van der Waals surface area contributed by atoms with Crippen LogP contribution in [0, 0.1) is 0 Å². The standard InChI is InChI=1S/C68H76N4O4/c1-9-25-57(26-10-1)41-69-45-66(54-74-50-62-35-19-6-20-36-62)71(43-59-29-13-3-14-30-59)47-68(56-76-52-64-39-23-8-24-40-64)72(44-60-31-15-4-16-32-60)48-67(55-75-51-63-37-21-7-22-38-63)70(42-58-27-11-2-12-28-58)46-65(69)53-73-49-61-33-17-5-18-34-61/h1-40,65-68H,41-56H2/t65-,66-,67-,68+/m1/s1. The second kappa shape index (κ2) is 30.3. The van der Waals surface area contributed by atoms with Gasteiger partial charge < -0.3 is 18.9 Å². The number of hydrogen-bond donors (Lipinski definition) is 0. The molecule has 0 amide bonds. The van der Waals surface area contributed by atoms with Crippen molar-refractivity contribution in [1.82, 2.24) is 19.6 Å². The maximum absolute atomic E-state index is 6.95. The van der Waals surface area contributed by atoms with E-state index < -0.39 is 0 Å². The van der Waals surface area contributed by atoms with Gasteiger partial charge in [0.25, 0.3) is 0 Å². The molecule has 1 aliphatic rings. The Kier molecular flexibility index (Phi) is 21.6. The van der Waals surface area contributed by atoms with E-state index in [0.29, 0.717) is 52.9 Å². The van der Waals surface area contributed by atoms with Gasteiger partial charge in [-0.1, -0.05) is 243 Å². The topological polar surface area (TPSA) is 49.9 Å². The van der Waals surface area contributed by atoms with Gasteiger partial charge in [0.2, 0.25) is 0 Å². The highest BCUT2D eigenvalue weighted by Gasteiger charge is 2.36. The van der Waals surface area contributed by atoms with E-state index in [0.717, 1.165) is 74.6 Å². The van der Waals surface area contributed by atoms with E-state index >= 15 is 0 Å². The Balaban J connectivity index is 1.18. The summed E-state index contributed by atoms with van der Waals surface area (Å²) in [6.07, 6.45) is 0. The van der Waals surface area contributed by atoms with Gasteiger partial charge >= 0.3 is 0 Å². The maximum Gasteiger partial charge on any atom is 0.0717 e. The highest BCUT2D eigenvalue weighted by atomic mass is 16.5. The molecule has 0 unspecified atom stereocenters. The largest absolute Gasteiger partial charge is 0.375 e. The lowest BCUT2D eigenvalue weighted by atomic mass is 10.0. The predicted octanol–water partition coefficient (Wildman–Crippen LogP) is 12.4. The summed E-state index contributed by atoms with van der Waals surface area (Å²) in [6, 6.07) is 86.2. The molecule has 0 N–H and O–H groups in total. The fourth-order valence-corrected chi connectivity index (χ4v) is 10.4. The van der Waals surface area contributed by atoms with Crippen LogP contribution in [0.5, 0.6) is 0 Å². The molecule has 1 aliphatic heterocycles. The third kappa shape index (κ3) is 17.8. The Morgan fingerprint density at radius 3 is 0.553 bits per heavy atom. The molecule has 76 heavy (non-hydrogen) atoms. The van der Waals surface area contributed by atoms with Crippen LogP contribution in [0.2, 0.25) is 0 Å². The Labute approximate surface area is 453 Å². The van der Waals surface area contributed by atoms with Crippen LogP contribution in [0.4, 0.5) is 0 Å². The zero-order chi connectivity index (χ0) is 51.7. The molecule has 8 heteroatoms. The first-order valence-electron chi connectivity index (χ1n) is 27.3. The lowest BCUT2D eigenvalue weighted by Gasteiger charge is -2.46. The molecule has 0 bridgehead atoms. The molecular formula is C68H76N4O4. The van der Waals surface area contributed by atoms with Crippen LogP contribution in [0.3, 0.4) is 0 Å². The van der Waals surface area contributed by atoms with Gasteiger partial charge in [-0.3, -0.25) is 19.6 Å². The first kappa shape index (κ1) is 54.2. The van der Waals surface area contributed by atoms with Crippen LogP contribution >= 0.6 is 0 Å². The van der Waals surface area contributed by atoms with Crippen molar-refractivity contribution in [3.05, 3.63) is 287 Å². The molecule has 8 aromatic carbocycles. The van der Waals surface area contributed by atoms with Crippen molar-refractivity contribution < 1.29 is 18.9 Å². The molecule has 392 valence electrons. The van der Waals surface area contributed by atoms with Crippen molar-refractivity contribution in [3.63, 3.8) is 0 Å². The molecule has 0 spiro atoms. The van der Waals surface area contributed by atoms with Gasteiger partial charge in [0.15, 0.2) is 0 Å². The van der Waals surface area contributed by atoms with Gasteiger partial charge in [0, 0.05) is 76.5 Å². The molecule has 0 aliphatic carbocycles. The molecule has 1 heterocycles. The van der Waals surface area contributed by atoms with E-state index in [1.54, 1.807) is 0 Å². The van der Waals surface area contributed by atoms with Gasteiger partial charge in [-0.05, 0) is 44.5 Å². The SMILES string of the molecule is c1ccc(COC[C@@H]2CN(Cc3ccccc3)[C@@H](COCc3ccccc3)CN(Cc3ccccc3)[C@@H](COCc3ccccc3)CN(Cc3ccccc3)[C@@H](COCc3ccccc3)CN2Cc2ccccc2)cc1. The zero-order valence-corrected chi connectivity index (χ0v) is 44.1. The van der Waals surface area contributed by atoms with E-state index in [2.05, 4.69) is 262 Å². The number of rotatable bonds is 24. The van der Waals surface area contributed by atoms with Crippen molar-refractivity contribution in [1.29, 1.82) is 0 Å². The van der Waals surface area contributed by atoms with Gasteiger partial charge in [-0.2, -0.15) is 0 Å². The van der Waals surface area contributed by atoms with Gasteiger partial charge in [-0.25, -0.2) is 0 Å².